The van der Waals surface area contributed by atoms with Crippen molar-refractivity contribution in [3.63, 3.8) is 0 Å². The summed E-state index contributed by atoms with van der Waals surface area (Å²) in [5, 5.41) is 3.37. The second kappa shape index (κ2) is 9.31. The maximum absolute atomic E-state index is 12.5. The van der Waals surface area contributed by atoms with E-state index in [2.05, 4.69) is 5.32 Å². The lowest BCUT2D eigenvalue weighted by Gasteiger charge is -2.22. The number of aryl methyl sites for hydroxylation is 1. The minimum atomic E-state index is -0.921. The van der Waals surface area contributed by atoms with Crippen LogP contribution in [-0.2, 0) is 16.0 Å². The largest absolute Gasteiger partial charge is 0.444 e. The van der Waals surface area contributed by atoms with E-state index >= 15 is 0 Å². The summed E-state index contributed by atoms with van der Waals surface area (Å²) in [6.07, 6.45) is 1.11. The number of carbonyl (C=O) groups excluding carboxylic acids is 2. The van der Waals surface area contributed by atoms with Crippen molar-refractivity contribution in [2.24, 2.45) is 0 Å². The molecule has 0 aliphatic rings. The molecule has 0 spiro atoms. The summed E-state index contributed by atoms with van der Waals surface area (Å²) >= 11 is 6.29. The number of hydrogen-bond donors (Lipinski definition) is 1. The standard InChI is InChI=1S/C21H26ClNO6/c1-6-8-12-9-18(24)27-16-11-17(14(22)10-13(12)16)28-19(25)15(7-2)23-20(26)29-21(3,4)5/h9-11,15H,6-8H2,1-5H3,(H,23,26). The molecule has 1 aromatic heterocycles. The first kappa shape index (κ1) is 22.7. The number of ether oxygens (including phenoxy) is 2. The van der Waals surface area contributed by atoms with E-state index in [-0.39, 0.29) is 16.4 Å². The van der Waals surface area contributed by atoms with Crippen LogP contribution in [0, 0.1) is 0 Å². The van der Waals surface area contributed by atoms with Crippen LogP contribution in [0.2, 0.25) is 5.02 Å². The molecule has 8 heteroatoms. The van der Waals surface area contributed by atoms with Crippen molar-refractivity contribution in [1.82, 2.24) is 5.32 Å². The molecule has 0 saturated carbocycles. The molecular weight excluding hydrogens is 398 g/mol. The van der Waals surface area contributed by atoms with E-state index in [4.69, 9.17) is 25.5 Å². The number of halogens is 1. The van der Waals surface area contributed by atoms with E-state index in [0.29, 0.717) is 18.2 Å². The van der Waals surface area contributed by atoms with Crippen LogP contribution >= 0.6 is 11.6 Å². The summed E-state index contributed by atoms with van der Waals surface area (Å²) in [4.78, 5) is 36.3. The zero-order chi connectivity index (χ0) is 21.8. The van der Waals surface area contributed by atoms with E-state index in [9.17, 15) is 14.4 Å². The van der Waals surface area contributed by atoms with Crippen molar-refractivity contribution in [2.75, 3.05) is 0 Å². The van der Waals surface area contributed by atoms with Crippen molar-refractivity contribution in [1.29, 1.82) is 0 Å². The van der Waals surface area contributed by atoms with Crippen molar-refractivity contribution in [3.05, 3.63) is 39.2 Å². The third-order valence-electron chi connectivity index (χ3n) is 4.00. The quantitative estimate of drug-likeness (QED) is 0.414. The molecule has 1 unspecified atom stereocenters. The van der Waals surface area contributed by atoms with Crippen LogP contribution in [0.5, 0.6) is 5.75 Å². The highest BCUT2D eigenvalue weighted by atomic mass is 35.5. The molecule has 2 aromatic rings. The van der Waals surface area contributed by atoms with Gasteiger partial charge in [-0.3, -0.25) is 0 Å². The van der Waals surface area contributed by atoms with Crippen LogP contribution in [0.1, 0.15) is 53.0 Å². The lowest BCUT2D eigenvalue weighted by Crippen LogP contribution is -2.44. The number of amides is 1. The molecule has 7 nitrogen and oxygen atoms in total. The molecule has 0 fully saturated rings. The number of fused-ring (bicyclic) bond motifs is 1. The summed E-state index contributed by atoms with van der Waals surface area (Å²) in [5.41, 5.74) is -0.0850. The Labute approximate surface area is 174 Å². The van der Waals surface area contributed by atoms with Gasteiger partial charge in [0.2, 0.25) is 0 Å². The molecule has 158 valence electrons. The maximum Gasteiger partial charge on any atom is 0.408 e. The summed E-state index contributed by atoms with van der Waals surface area (Å²) in [5.74, 6) is -0.655. The Morgan fingerprint density at radius 3 is 2.48 bits per heavy atom. The van der Waals surface area contributed by atoms with Crippen LogP contribution in [0.3, 0.4) is 0 Å². The molecule has 1 amide bonds. The van der Waals surface area contributed by atoms with Crippen molar-refractivity contribution in [2.45, 2.75) is 65.5 Å². The van der Waals surface area contributed by atoms with Crippen LogP contribution < -0.4 is 15.7 Å². The van der Waals surface area contributed by atoms with Gasteiger partial charge >= 0.3 is 17.7 Å². The van der Waals surface area contributed by atoms with Gasteiger partial charge in [0.25, 0.3) is 0 Å². The number of esters is 1. The highest BCUT2D eigenvalue weighted by Crippen LogP contribution is 2.32. The number of rotatable bonds is 6. The fourth-order valence-corrected chi connectivity index (χ4v) is 2.94. The topological polar surface area (TPSA) is 94.8 Å². The fraction of sp³-hybridized carbons (Fsp3) is 0.476. The molecular formula is C21H26ClNO6. The molecule has 1 aromatic carbocycles. The smallest absolute Gasteiger partial charge is 0.408 e. The normalized spacial score (nSPS) is 12.5. The van der Waals surface area contributed by atoms with Crippen LogP contribution in [0.15, 0.2) is 27.4 Å². The first-order valence-corrected chi connectivity index (χ1v) is 9.89. The highest BCUT2D eigenvalue weighted by molar-refractivity contribution is 6.33. The summed E-state index contributed by atoms with van der Waals surface area (Å²) in [6.45, 7) is 8.89. The Morgan fingerprint density at radius 2 is 1.90 bits per heavy atom. The van der Waals surface area contributed by atoms with E-state index < -0.39 is 29.3 Å². The maximum atomic E-state index is 12.5. The molecule has 0 radical (unpaired) electrons. The first-order valence-electron chi connectivity index (χ1n) is 9.51. The second-order valence-electron chi connectivity index (χ2n) is 7.65. The predicted molar refractivity (Wildman–Crippen MR) is 111 cm³/mol. The molecule has 1 heterocycles. The number of carbonyl (C=O) groups is 2. The zero-order valence-electron chi connectivity index (χ0n) is 17.3. The fourth-order valence-electron chi connectivity index (χ4n) is 2.74. The van der Waals surface area contributed by atoms with Crippen LogP contribution in [-0.4, -0.2) is 23.7 Å². The lowest BCUT2D eigenvalue weighted by atomic mass is 10.1. The number of benzene rings is 1. The lowest BCUT2D eigenvalue weighted by molar-refractivity contribution is -0.136. The van der Waals surface area contributed by atoms with Crippen molar-refractivity contribution >= 4 is 34.6 Å². The molecule has 0 bridgehead atoms. The van der Waals surface area contributed by atoms with Crippen LogP contribution in [0.25, 0.3) is 11.0 Å². The van der Waals surface area contributed by atoms with Crippen molar-refractivity contribution in [3.8, 4) is 5.75 Å². The van der Waals surface area contributed by atoms with Crippen molar-refractivity contribution < 1.29 is 23.5 Å². The van der Waals surface area contributed by atoms with Gasteiger partial charge in [-0.2, -0.15) is 0 Å². The summed E-state index contributed by atoms with van der Waals surface area (Å²) in [6, 6.07) is 3.53. The molecule has 29 heavy (non-hydrogen) atoms. The SMILES string of the molecule is CCCc1cc(=O)oc2cc(OC(=O)C(CC)NC(=O)OC(C)(C)C)c(Cl)cc12. The number of nitrogens with one attached hydrogen (secondary N) is 1. The van der Waals surface area contributed by atoms with E-state index in [1.165, 1.54) is 12.1 Å². The van der Waals surface area contributed by atoms with Gasteiger partial charge in [-0.05, 0) is 45.2 Å². The Morgan fingerprint density at radius 1 is 1.21 bits per heavy atom. The Bertz CT molecular complexity index is 960. The van der Waals surface area contributed by atoms with Gasteiger partial charge in [-0.25, -0.2) is 14.4 Å². The van der Waals surface area contributed by atoms with E-state index in [0.717, 1.165) is 12.0 Å². The van der Waals surface area contributed by atoms with Gasteiger partial charge in [-0.1, -0.05) is 31.9 Å². The number of alkyl carbamates (subject to hydrolysis) is 1. The molecule has 1 N–H and O–H groups in total. The summed E-state index contributed by atoms with van der Waals surface area (Å²) < 4.78 is 15.8. The molecule has 1 atom stereocenters. The monoisotopic (exact) mass is 423 g/mol. The van der Waals surface area contributed by atoms with Gasteiger partial charge in [0.05, 0.1) is 5.02 Å². The highest BCUT2D eigenvalue weighted by Gasteiger charge is 2.25. The average molecular weight is 424 g/mol. The van der Waals surface area contributed by atoms with E-state index in [1.54, 1.807) is 33.8 Å². The Kier molecular flexibility index (Phi) is 7.30. The Balaban J connectivity index is 2.25. The minimum absolute atomic E-state index is 0.0467. The Hall–Kier alpha value is -2.54. The van der Waals surface area contributed by atoms with Gasteiger partial charge in [0.1, 0.15) is 17.2 Å². The van der Waals surface area contributed by atoms with Crippen LogP contribution in [0.4, 0.5) is 4.79 Å². The zero-order valence-corrected chi connectivity index (χ0v) is 18.0. The first-order chi connectivity index (χ1) is 13.5. The number of hydrogen-bond acceptors (Lipinski definition) is 6. The second-order valence-corrected chi connectivity index (χ2v) is 8.05. The summed E-state index contributed by atoms with van der Waals surface area (Å²) in [7, 11) is 0. The van der Waals surface area contributed by atoms with E-state index in [1.807, 2.05) is 6.92 Å². The van der Waals surface area contributed by atoms with Gasteiger partial charge < -0.3 is 19.2 Å². The average Bonchev–Trinajstić information content (AvgIpc) is 2.59. The molecule has 0 aliphatic heterocycles. The third kappa shape index (κ3) is 6.22. The minimum Gasteiger partial charge on any atom is -0.444 e. The predicted octanol–water partition coefficient (Wildman–Crippen LogP) is 4.61. The van der Waals surface area contributed by atoms with Gasteiger partial charge in [0.15, 0.2) is 5.75 Å². The molecule has 0 saturated heterocycles. The van der Waals surface area contributed by atoms with Gasteiger partial charge in [-0.15, -0.1) is 0 Å². The molecule has 0 aliphatic carbocycles. The van der Waals surface area contributed by atoms with Gasteiger partial charge in [0, 0.05) is 17.5 Å². The third-order valence-corrected chi connectivity index (χ3v) is 4.29. The molecule has 2 rings (SSSR count).